The Bertz CT molecular complexity index is 1080. The van der Waals surface area contributed by atoms with Crippen LogP contribution >= 0.6 is 0 Å². The largest absolute Gasteiger partial charge is 0.453 e. The van der Waals surface area contributed by atoms with Gasteiger partial charge in [-0.25, -0.2) is 9.18 Å². The summed E-state index contributed by atoms with van der Waals surface area (Å²) >= 11 is 0. The summed E-state index contributed by atoms with van der Waals surface area (Å²) in [4.78, 5) is 26.4. The Labute approximate surface area is 225 Å². The predicted molar refractivity (Wildman–Crippen MR) is 147 cm³/mol. The van der Waals surface area contributed by atoms with E-state index in [1.807, 2.05) is 36.1 Å². The lowest BCUT2D eigenvalue weighted by Crippen LogP contribution is -2.48. The molecular weight excluding hydrogens is 485 g/mol. The highest BCUT2D eigenvalue weighted by Gasteiger charge is 2.43. The van der Waals surface area contributed by atoms with Crippen molar-refractivity contribution in [2.75, 3.05) is 33.3 Å². The van der Waals surface area contributed by atoms with Crippen LogP contribution in [0.2, 0.25) is 0 Å². The molecule has 0 unspecified atom stereocenters. The molecule has 2 aromatic rings. The van der Waals surface area contributed by atoms with E-state index in [4.69, 9.17) is 5.73 Å². The summed E-state index contributed by atoms with van der Waals surface area (Å²) in [6.07, 6.45) is 4.45. The van der Waals surface area contributed by atoms with Crippen molar-refractivity contribution < 1.29 is 23.8 Å². The maximum Gasteiger partial charge on any atom is 0.406 e. The first-order valence-corrected chi connectivity index (χ1v) is 13.7. The van der Waals surface area contributed by atoms with Gasteiger partial charge in [0, 0.05) is 37.5 Å². The molecule has 208 valence electrons. The van der Waals surface area contributed by atoms with E-state index in [0.717, 1.165) is 31.2 Å². The molecule has 0 radical (unpaired) electrons. The normalized spacial score (nSPS) is 17.1. The van der Waals surface area contributed by atoms with Gasteiger partial charge in [0.15, 0.2) is 0 Å². The van der Waals surface area contributed by atoms with Crippen LogP contribution in [0, 0.1) is 11.7 Å². The molecule has 0 aliphatic carbocycles. The predicted octanol–water partition coefficient (Wildman–Crippen LogP) is 4.75. The highest BCUT2D eigenvalue weighted by Crippen LogP contribution is 2.44. The van der Waals surface area contributed by atoms with Gasteiger partial charge in [0.1, 0.15) is 5.82 Å². The second kappa shape index (κ2) is 14.3. The standard InChI is InChI=1S/C30H42FN3O4/c1-3-22-10-6-11-23(20-22)28-25(13-7-14-26(28)31)30(37,16-9-18-33-29(36)38-2)24-12-8-19-34(21-24)27(35)15-4-5-17-32/h6-7,10-11,13-14,20,24,37H,3-5,8-9,12,15-19,21,32H2,1-2H3,(H,33,36)/t24-,30+/m1/s1. The Morgan fingerprint density at radius 1 is 1.21 bits per heavy atom. The number of methoxy groups -OCH3 is 1. The van der Waals surface area contributed by atoms with Gasteiger partial charge in [-0.3, -0.25) is 4.79 Å². The number of nitrogens with two attached hydrogens (primary N) is 1. The molecule has 2 amide bonds. The first-order chi connectivity index (χ1) is 18.3. The molecule has 0 spiro atoms. The molecule has 1 aliphatic rings. The van der Waals surface area contributed by atoms with Gasteiger partial charge in [-0.05, 0) is 74.2 Å². The fraction of sp³-hybridized carbons (Fsp3) is 0.533. The number of halogens is 1. The molecule has 0 bridgehead atoms. The quantitative estimate of drug-likeness (QED) is 0.346. The van der Waals surface area contributed by atoms with Crippen molar-refractivity contribution in [2.24, 2.45) is 11.7 Å². The van der Waals surface area contributed by atoms with Crippen LogP contribution in [0.15, 0.2) is 42.5 Å². The lowest BCUT2D eigenvalue weighted by molar-refractivity contribution is -0.136. The van der Waals surface area contributed by atoms with Crippen molar-refractivity contribution >= 4 is 12.0 Å². The number of hydrogen-bond acceptors (Lipinski definition) is 5. The maximum atomic E-state index is 15.5. The number of likely N-dealkylation sites (tertiary alicyclic amines) is 1. The van der Waals surface area contributed by atoms with E-state index < -0.39 is 17.5 Å². The summed E-state index contributed by atoms with van der Waals surface area (Å²) in [5.74, 6) is -0.622. The highest BCUT2D eigenvalue weighted by atomic mass is 19.1. The molecule has 1 fully saturated rings. The Morgan fingerprint density at radius 3 is 2.74 bits per heavy atom. The number of ether oxygens (including phenoxy) is 1. The monoisotopic (exact) mass is 527 g/mol. The Kier molecular flexibility index (Phi) is 11.1. The van der Waals surface area contributed by atoms with Gasteiger partial charge in [-0.1, -0.05) is 43.3 Å². The van der Waals surface area contributed by atoms with Crippen LogP contribution in [0.5, 0.6) is 0 Å². The van der Waals surface area contributed by atoms with Gasteiger partial charge in [0.25, 0.3) is 0 Å². The average molecular weight is 528 g/mol. The fourth-order valence-electron chi connectivity index (χ4n) is 5.48. The first-order valence-electron chi connectivity index (χ1n) is 13.7. The van der Waals surface area contributed by atoms with Gasteiger partial charge in [0.2, 0.25) is 5.91 Å². The number of nitrogens with zero attached hydrogens (tertiary/aromatic N) is 1. The molecular formula is C30H42FN3O4. The summed E-state index contributed by atoms with van der Waals surface area (Å²) in [7, 11) is 1.30. The molecule has 4 N–H and O–H groups in total. The van der Waals surface area contributed by atoms with Crippen molar-refractivity contribution in [2.45, 2.75) is 63.9 Å². The number of benzene rings is 2. The van der Waals surface area contributed by atoms with E-state index in [-0.39, 0.29) is 11.8 Å². The number of alkyl carbamates (subject to hydrolysis) is 1. The van der Waals surface area contributed by atoms with Crippen molar-refractivity contribution in [3.63, 3.8) is 0 Å². The second-order valence-corrected chi connectivity index (χ2v) is 10.1. The summed E-state index contributed by atoms with van der Waals surface area (Å²) in [5, 5.41) is 15.1. The third-order valence-corrected chi connectivity index (χ3v) is 7.59. The number of carbonyl (C=O) groups is 2. The fourth-order valence-corrected chi connectivity index (χ4v) is 5.48. The third kappa shape index (κ3) is 7.32. The zero-order valence-corrected chi connectivity index (χ0v) is 22.7. The zero-order valence-electron chi connectivity index (χ0n) is 22.7. The molecule has 8 heteroatoms. The van der Waals surface area contributed by atoms with Gasteiger partial charge in [-0.15, -0.1) is 0 Å². The van der Waals surface area contributed by atoms with Crippen molar-refractivity contribution in [1.82, 2.24) is 10.2 Å². The van der Waals surface area contributed by atoms with Crippen LogP contribution in [0.25, 0.3) is 11.1 Å². The molecule has 2 atom stereocenters. The SMILES string of the molecule is CCc1cccc(-c2c(F)cccc2[C@](O)(CCCNC(=O)OC)[C@@H]2CCCN(C(=O)CCCCN)C2)c1. The van der Waals surface area contributed by atoms with Gasteiger partial charge < -0.3 is 25.8 Å². The number of hydrogen-bond donors (Lipinski definition) is 3. The minimum atomic E-state index is -1.41. The molecule has 2 aromatic carbocycles. The van der Waals surface area contributed by atoms with Crippen LogP contribution in [-0.2, 0) is 21.6 Å². The van der Waals surface area contributed by atoms with Crippen LogP contribution in [0.1, 0.15) is 63.0 Å². The first kappa shape index (κ1) is 29.6. The summed E-state index contributed by atoms with van der Waals surface area (Å²) in [6.45, 7) is 3.95. The third-order valence-electron chi connectivity index (χ3n) is 7.59. The highest BCUT2D eigenvalue weighted by molar-refractivity contribution is 5.76. The number of aliphatic hydroxyl groups is 1. The van der Waals surface area contributed by atoms with E-state index in [2.05, 4.69) is 10.1 Å². The Morgan fingerprint density at radius 2 is 2.00 bits per heavy atom. The molecule has 3 rings (SSSR count). The molecule has 0 saturated carbocycles. The smallest absolute Gasteiger partial charge is 0.406 e. The Balaban J connectivity index is 1.98. The van der Waals surface area contributed by atoms with Crippen LogP contribution in [0.4, 0.5) is 9.18 Å². The van der Waals surface area contributed by atoms with Crippen molar-refractivity contribution in [1.29, 1.82) is 0 Å². The van der Waals surface area contributed by atoms with E-state index in [1.165, 1.54) is 13.2 Å². The molecule has 1 heterocycles. The van der Waals surface area contributed by atoms with Crippen molar-refractivity contribution in [3.05, 3.63) is 59.4 Å². The minimum absolute atomic E-state index is 0.0629. The lowest BCUT2D eigenvalue weighted by atomic mass is 9.72. The molecule has 7 nitrogen and oxygen atoms in total. The summed E-state index contributed by atoms with van der Waals surface area (Å²) < 4.78 is 20.2. The number of nitrogens with one attached hydrogen (secondary N) is 1. The number of carbonyl (C=O) groups excluding carboxylic acids is 2. The number of amides is 2. The van der Waals surface area contributed by atoms with Crippen LogP contribution < -0.4 is 11.1 Å². The molecule has 38 heavy (non-hydrogen) atoms. The molecule has 1 aliphatic heterocycles. The lowest BCUT2D eigenvalue weighted by Gasteiger charge is -2.43. The van der Waals surface area contributed by atoms with Crippen molar-refractivity contribution in [3.8, 4) is 11.1 Å². The number of unbranched alkanes of at least 4 members (excludes halogenated alkanes) is 1. The van der Waals surface area contributed by atoms with E-state index in [1.54, 1.807) is 12.1 Å². The number of aryl methyl sites for hydroxylation is 1. The number of piperidine rings is 1. The number of rotatable bonds is 12. The van der Waals surface area contributed by atoms with Gasteiger partial charge in [0.05, 0.1) is 12.7 Å². The summed E-state index contributed by atoms with van der Waals surface area (Å²) in [5.41, 5.74) is 6.88. The van der Waals surface area contributed by atoms with Crippen LogP contribution in [0.3, 0.4) is 0 Å². The van der Waals surface area contributed by atoms with Crippen LogP contribution in [-0.4, -0.2) is 55.3 Å². The Hall–Kier alpha value is -2.97. The van der Waals surface area contributed by atoms with Gasteiger partial charge in [-0.2, -0.15) is 0 Å². The minimum Gasteiger partial charge on any atom is -0.453 e. The van der Waals surface area contributed by atoms with Gasteiger partial charge >= 0.3 is 6.09 Å². The topological polar surface area (TPSA) is 105 Å². The summed E-state index contributed by atoms with van der Waals surface area (Å²) in [6, 6.07) is 12.6. The van der Waals surface area contributed by atoms with E-state index in [0.29, 0.717) is 68.6 Å². The maximum absolute atomic E-state index is 15.5. The second-order valence-electron chi connectivity index (χ2n) is 10.1. The van der Waals surface area contributed by atoms with E-state index >= 15 is 4.39 Å². The average Bonchev–Trinajstić information content (AvgIpc) is 2.95. The molecule has 0 aromatic heterocycles. The molecule has 1 saturated heterocycles. The van der Waals surface area contributed by atoms with E-state index in [9.17, 15) is 14.7 Å². The zero-order chi connectivity index (χ0) is 27.5.